The van der Waals surface area contributed by atoms with Crippen molar-refractivity contribution >= 4 is 27.5 Å². The minimum absolute atomic E-state index is 0.203. The summed E-state index contributed by atoms with van der Waals surface area (Å²) in [6.45, 7) is 2.09. The molecule has 0 spiro atoms. The molecule has 0 bridgehead atoms. The third-order valence-electron chi connectivity index (χ3n) is 3.61. The Labute approximate surface area is 139 Å². The molecule has 112 valence electrons. The number of methoxy groups -OCH3 is 1. The van der Waals surface area contributed by atoms with Crippen molar-refractivity contribution in [3.05, 3.63) is 62.6 Å². The molecule has 1 unspecified atom stereocenters. The smallest absolute Gasteiger partial charge is 0.122 e. The second-order valence-corrected chi connectivity index (χ2v) is 6.30. The second-order valence-electron chi connectivity index (χ2n) is 5.01. The van der Waals surface area contributed by atoms with E-state index in [9.17, 15) is 0 Å². The van der Waals surface area contributed by atoms with Crippen LogP contribution in [0.15, 0.2) is 40.9 Å². The standard InChI is InChI=1S/C17H19BrClNO/c1-11-4-5-12(9-15(11)18)16(20-2)10-13-8-14(19)6-7-17(13)21-3/h4-9,16,20H,10H2,1-3H3. The van der Waals surface area contributed by atoms with Crippen LogP contribution >= 0.6 is 27.5 Å². The van der Waals surface area contributed by atoms with Gasteiger partial charge in [0.25, 0.3) is 0 Å². The van der Waals surface area contributed by atoms with Crippen LogP contribution in [-0.2, 0) is 6.42 Å². The molecule has 0 heterocycles. The highest BCUT2D eigenvalue weighted by Crippen LogP contribution is 2.29. The summed E-state index contributed by atoms with van der Waals surface area (Å²) < 4.78 is 6.55. The molecular weight excluding hydrogens is 350 g/mol. The molecule has 4 heteroatoms. The van der Waals surface area contributed by atoms with Crippen LogP contribution in [0, 0.1) is 6.92 Å². The number of aryl methyl sites for hydroxylation is 1. The lowest BCUT2D eigenvalue weighted by Crippen LogP contribution is -2.19. The fraction of sp³-hybridized carbons (Fsp3) is 0.294. The first-order valence-electron chi connectivity index (χ1n) is 6.81. The Balaban J connectivity index is 2.30. The fourth-order valence-electron chi connectivity index (χ4n) is 2.34. The highest BCUT2D eigenvalue weighted by molar-refractivity contribution is 9.10. The third-order valence-corrected chi connectivity index (χ3v) is 4.70. The summed E-state index contributed by atoms with van der Waals surface area (Å²) >= 11 is 9.70. The van der Waals surface area contributed by atoms with Crippen LogP contribution < -0.4 is 10.1 Å². The SMILES string of the molecule is CNC(Cc1cc(Cl)ccc1OC)c1ccc(C)c(Br)c1. The summed E-state index contributed by atoms with van der Waals surface area (Å²) in [6, 6.07) is 12.4. The van der Waals surface area contributed by atoms with Crippen molar-refractivity contribution in [3.63, 3.8) is 0 Å². The molecule has 0 fully saturated rings. The molecule has 0 saturated heterocycles. The van der Waals surface area contributed by atoms with Crippen molar-refractivity contribution in [3.8, 4) is 5.75 Å². The average Bonchev–Trinajstić information content (AvgIpc) is 2.48. The van der Waals surface area contributed by atoms with Gasteiger partial charge in [0, 0.05) is 15.5 Å². The van der Waals surface area contributed by atoms with Crippen LogP contribution in [0.1, 0.15) is 22.7 Å². The molecule has 2 rings (SSSR count). The Morgan fingerprint density at radius 3 is 2.62 bits per heavy atom. The van der Waals surface area contributed by atoms with E-state index in [0.29, 0.717) is 0 Å². The second kappa shape index (κ2) is 7.30. The summed E-state index contributed by atoms with van der Waals surface area (Å²) in [4.78, 5) is 0. The predicted octanol–water partition coefficient (Wildman–Crippen LogP) is 4.92. The normalized spacial score (nSPS) is 12.2. The Hall–Kier alpha value is -1.03. The lowest BCUT2D eigenvalue weighted by molar-refractivity contribution is 0.406. The average molecular weight is 369 g/mol. The van der Waals surface area contributed by atoms with Crippen LogP contribution in [0.5, 0.6) is 5.75 Å². The van der Waals surface area contributed by atoms with Gasteiger partial charge in [-0.1, -0.05) is 39.7 Å². The van der Waals surface area contributed by atoms with Crippen molar-refractivity contribution in [2.24, 2.45) is 0 Å². The van der Waals surface area contributed by atoms with Crippen molar-refractivity contribution in [1.82, 2.24) is 5.32 Å². The number of hydrogen-bond donors (Lipinski definition) is 1. The van der Waals surface area contributed by atoms with E-state index in [2.05, 4.69) is 46.4 Å². The van der Waals surface area contributed by atoms with Crippen molar-refractivity contribution in [2.45, 2.75) is 19.4 Å². The van der Waals surface area contributed by atoms with Gasteiger partial charge in [-0.25, -0.2) is 0 Å². The highest BCUT2D eigenvalue weighted by Gasteiger charge is 2.14. The number of benzene rings is 2. The molecule has 2 nitrogen and oxygen atoms in total. The van der Waals surface area contributed by atoms with E-state index in [4.69, 9.17) is 16.3 Å². The first kappa shape index (κ1) is 16.3. The van der Waals surface area contributed by atoms with Crippen LogP contribution in [0.3, 0.4) is 0 Å². The number of nitrogens with one attached hydrogen (secondary N) is 1. The molecule has 2 aromatic rings. The summed E-state index contributed by atoms with van der Waals surface area (Å²) in [6.07, 6.45) is 0.815. The molecule has 0 aliphatic rings. The minimum atomic E-state index is 0.203. The fourth-order valence-corrected chi connectivity index (χ4v) is 2.93. The van der Waals surface area contributed by atoms with Crippen molar-refractivity contribution < 1.29 is 4.74 Å². The maximum Gasteiger partial charge on any atom is 0.122 e. The Morgan fingerprint density at radius 2 is 2.00 bits per heavy atom. The molecule has 0 saturated carbocycles. The Bertz CT molecular complexity index is 630. The maximum atomic E-state index is 6.11. The molecule has 0 aliphatic carbocycles. The first-order chi connectivity index (χ1) is 10.0. The van der Waals surface area contributed by atoms with Crippen LogP contribution in [-0.4, -0.2) is 14.2 Å². The first-order valence-corrected chi connectivity index (χ1v) is 7.98. The van der Waals surface area contributed by atoms with Gasteiger partial charge >= 0.3 is 0 Å². The predicted molar refractivity (Wildman–Crippen MR) is 92.4 cm³/mol. The van der Waals surface area contributed by atoms with Gasteiger partial charge < -0.3 is 10.1 Å². The maximum absolute atomic E-state index is 6.11. The van der Waals surface area contributed by atoms with Gasteiger partial charge in [-0.2, -0.15) is 0 Å². The van der Waals surface area contributed by atoms with Gasteiger partial charge in [0.15, 0.2) is 0 Å². The molecule has 0 aliphatic heterocycles. The van der Waals surface area contributed by atoms with Gasteiger partial charge in [0.1, 0.15) is 5.75 Å². The third kappa shape index (κ3) is 4.00. The summed E-state index contributed by atoms with van der Waals surface area (Å²) in [5.74, 6) is 0.867. The summed E-state index contributed by atoms with van der Waals surface area (Å²) in [7, 11) is 3.65. The topological polar surface area (TPSA) is 21.3 Å². The monoisotopic (exact) mass is 367 g/mol. The van der Waals surface area contributed by atoms with Crippen molar-refractivity contribution in [1.29, 1.82) is 0 Å². The van der Waals surface area contributed by atoms with Crippen LogP contribution in [0.2, 0.25) is 5.02 Å². The minimum Gasteiger partial charge on any atom is -0.496 e. The van der Waals surface area contributed by atoms with Gasteiger partial charge in [0.2, 0.25) is 0 Å². The molecule has 0 aromatic heterocycles. The number of ether oxygens (including phenoxy) is 1. The van der Waals surface area contributed by atoms with E-state index in [1.165, 1.54) is 11.1 Å². The molecule has 1 atom stereocenters. The zero-order valence-electron chi connectivity index (χ0n) is 12.4. The Morgan fingerprint density at radius 1 is 1.24 bits per heavy atom. The van der Waals surface area contributed by atoms with E-state index in [1.54, 1.807) is 7.11 Å². The lowest BCUT2D eigenvalue weighted by Gasteiger charge is -2.19. The number of halogens is 2. The summed E-state index contributed by atoms with van der Waals surface area (Å²) in [5.41, 5.74) is 3.56. The lowest BCUT2D eigenvalue weighted by atomic mass is 9.97. The molecular formula is C17H19BrClNO. The van der Waals surface area contributed by atoms with E-state index < -0.39 is 0 Å². The van der Waals surface area contributed by atoms with Crippen LogP contribution in [0.25, 0.3) is 0 Å². The Kier molecular flexibility index (Phi) is 5.68. The zero-order chi connectivity index (χ0) is 15.4. The highest BCUT2D eigenvalue weighted by atomic mass is 79.9. The number of likely N-dealkylation sites (N-methyl/N-ethyl adjacent to an activating group) is 1. The molecule has 0 radical (unpaired) electrons. The largest absolute Gasteiger partial charge is 0.496 e. The van der Waals surface area contributed by atoms with Gasteiger partial charge in [-0.15, -0.1) is 0 Å². The van der Waals surface area contributed by atoms with Gasteiger partial charge in [-0.3, -0.25) is 0 Å². The van der Waals surface area contributed by atoms with Crippen LogP contribution in [0.4, 0.5) is 0 Å². The molecule has 21 heavy (non-hydrogen) atoms. The molecule has 2 aromatic carbocycles. The number of rotatable bonds is 5. The van der Waals surface area contributed by atoms with Crippen molar-refractivity contribution in [2.75, 3.05) is 14.2 Å². The summed E-state index contributed by atoms with van der Waals surface area (Å²) in [5, 5.41) is 4.09. The number of hydrogen-bond acceptors (Lipinski definition) is 2. The van der Waals surface area contributed by atoms with E-state index >= 15 is 0 Å². The van der Waals surface area contributed by atoms with E-state index in [1.807, 2.05) is 25.2 Å². The molecule has 0 amide bonds. The van der Waals surface area contributed by atoms with Gasteiger partial charge in [-0.05, 0) is 61.3 Å². The quantitative estimate of drug-likeness (QED) is 0.808. The molecule has 1 N–H and O–H groups in total. The van der Waals surface area contributed by atoms with Gasteiger partial charge in [0.05, 0.1) is 7.11 Å². The van der Waals surface area contributed by atoms with E-state index in [-0.39, 0.29) is 6.04 Å². The van der Waals surface area contributed by atoms with E-state index in [0.717, 1.165) is 27.2 Å². The zero-order valence-corrected chi connectivity index (χ0v) is 14.8.